The van der Waals surface area contributed by atoms with E-state index in [1.54, 1.807) is 0 Å². The van der Waals surface area contributed by atoms with Crippen LogP contribution in [0.3, 0.4) is 0 Å². The zero-order valence-electron chi connectivity index (χ0n) is 12.9. The van der Waals surface area contributed by atoms with E-state index < -0.39 is 9.84 Å². The standard InChI is InChI=1S/C16H23N3O2S/c1-2-17-16(19-14-7-8-22(20,21)11-14)18-10-13-9-12-5-3-4-6-15(12)13/h3-6,13-14H,2,7-11H2,1H3,(H2,17,18,19). The van der Waals surface area contributed by atoms with Crippen molar-refractivity contribution in [3.05, 3.63) is 35.4 Å². The Morgan fingerprint density at radius 1 is 1.36 bits per heavy atom. The maximum atomic E-state index is 11.5. The summed E-state index contributed by atoms with van der Waals surface area (Å²) in [6, 6.07) is 8.47. The van der Waals surface area contributed by atoms with E-state index in [-0.39, 0.29) is 17.5 Å². The molecule has 0 bridgehead atoms. The summed E-state index contributed by atoms with van der Waals surface area (Å²) in [7, 11) is -2.87. The molecular formula is C16H23N3O2S. The van der Waals surface area contributed by atoms with E-state index in [9.17, 15) is 8.42 Å². The van der Waals surface area contributed by atoms with Crippen LogP contribution in [0.25, 0.3) is 0 Å². The number of benzene rings is 1. The van der Waals surface area contributed by atoms with Gasteiger partial charge in [0, 0.05) is 25.0 Å². The molecule has 2 aliphatic rings. The zero-order chi connectivity index (χ0) is 15.6. The molecule has 0 spiro atoms. The van der Waals surface area contributed by atoms with E-state index in [4.69, 9.17) is 0 Å². The summed E-state index contributed by atoms with van der Waals surface area (Å²) in [6.45, 7) is 3.53. The van der Waals surface area contributed by atoms with Gasteiger partial charge < -0.3 is 10.6 Å². The first-order chi connectivity index (χ1) is 10.6. The number of hydrogen-bond acceptors (Lipinski definition) is 3. The van der Waals surface area contributed by atoms with Gasteiger partial charge in [-0.3, -0.25) is 4.99 Å². The first-order valence-corrected chi connectivity index (χ1v) is 9.72. The van der Waals surface area contributed by atoms with Crippen LogP contribution in [0.15, 0.2) is 29.3 Å². The third-order valence-corrected chi connectivity index (χ3v) is 6.12. The van der Waals surface area contributed by atoms with Crippen LogP contribution in [-0.2, 0) is 16.3 Å². The monoisotopic (exact) mass is 321 g/mol. The minimum atomic E-state index is -2.87. The van der Waals surface area contributed by atoms with Crippen molar-refractivity contribution in [3.63, 3.8) is 0 Å². The van der Waals surface area contributed by atoms with Crippen LogP contribution in [0.5, 0.6) is 0 Å². The van der Waals surface area contributed by atoms with Crippen LogP contribution in [0.2, 0.25) is 0 Å². The summed E-state index contributed by atoms with van der Waals surface area (Å²) < 4.78 is 23.1. The first-order valence-electron chi connectivity index (χ1n) is 7.90. The fourth-order valence-corrected chi connectivity index (χ4v) is 4.82. The molecule has 1 aliphatic heterocycles. The van der Waals surface area contributed by atoms with Gasteiger partial charge >= 0.3 is 0 Å². The Morgan fingerprint density at radius 2 is 2.18 bits per heavy atom. The molecule has 6 heteroatoms. The Labute approximate surface area is 132 Å². The second-order valence-electron chi connectivity index (χ2n) is 6.06. The van der Waals surface area contributed by atoms with Crippen LogP contribution in [0, 0.1) is 0 Å². The van der Waals surface area contributed by atoms with E-state index in [0.29, 0.717) is 12.3 Å². The smallest absolute Gasteiger partial charge is 0.191 e. The van der Waals surface area contributed by atoms with Gasteiger partial charge in [-0.2, -0.15) is 0 Å². The van der Waals surface area contributed by atoms with Gasteiger partial charge in [-0.15, -0.1) is 0 Å². The topological polar surface area (TPSA) is 70.6 Å². The van der Waals surface area contributed by atoms with Crippen molar-refractivity contribution in [2.75, 3.05) is 24.6 Å². The first kappa shape index (κ1) is 15.3. The highest BCUT2D eigenvalue weighted by Gasteiger charge is 2.29. The molecule has 1 aliphatic carbocycles. The van der Waals surface area contributed by atoms with Crippen molar-refractivity contribution < 1.29 is 8.42 Å². The predicted octanol–water partition coefficient (Wildman–Crippen LogP) is 1.07. The third kappa shape index (κ3) is 3.43. The van der Waals surface area contributed by atoms with Crippen LogP contribution >= 0.6 is 0 Å². The molecule has 2 unspecified atom stereocenters. The van der Waals surface area contributed by atoms with Crippen LogP contribution in [0.1, 0.15) is 30.4 Å². The highest BCUT2D eigenvalue weighted by Crippen LogP contribution is 2.34. The van der Waals surface area contributed by atoms with E-state index >= 15 is 0 Å². The fourth-order valence-electron chi connectivity index (χ4n) is 3.15. The Hall–Kier alpha value is -1.56. The van der Waals surface area contributed by atoms with E-state index in [2.05, 4.69) is 39.9 Å². The molecule has 1 fully saturated rings. The normalized spacial score (nSPS) is 26.1. The molecule has 1 aromatic rings. The van der Waals surface area contributed by atoms with Gasteiger partial charge in [-0.1, -0.05) is 24.3 Å². The molecule has 1 aromatic carbocycles. The molecule has 0 amide bonds. The highest BCUT2D eigenvalue weighted by molar-refractivity contribution is 7.91. The second-order valence-corrected chi connectivity index (χ2v) is 8.29. The second kappa shape index (κ2) is 6.28. The number of nitrogens with one attached hydrogen (secondary N) is 2. The molecule has 3 rings (SSSR count). The quantitative estimate of drug-likeness (QED) is 0.643. The molecule has 1 heterocycles. The molecule has 2 atom stereocenters. The predicted molar refractivity (Wildman–Crippen MR) is 89.1 cm³/mol. The van der Waals surface area contributed by atoms with Crippen LogP contribution in [0.4, 0.5) is 0 Å². The van der Waals surface area contributed by atoms with Crippen molar-refractivity contribution in [1.82, 2.24) is 10.6 Å². The largest absolute Gasteiger partial charge is 0.357 e. The van der Waals surface area contributed by atoms with Crippen molar-refractivity contribution in [2.45, 2.75) is 31.7 Å². The third-order valence-electron chi connectivity index (χ3n) is 4.35. The van der Waals surface area contributed by atoms with Gasteiger partial charge in [0.15, 0.2) is 15.8 Å². The number of guanidine groups is 1. The number of hydrogen-bond donors (Lipinski definition) is 2. The van der Waals surface area contributed by atoms with Gasteiger partial charge in [-0.05, 0) is 30.9 Å². The summed E-state index contributed by atoms with van der Waals surface area (Å²) in [5, 5.41) is 6.47. The number of aliphatic imine (C=N–C) groups is 1. The zero-order valence-corrected chi connectivity index (χ0v) is 13.7. The number of nitrogens with zero attached hydrogens (tertiary/aromatic N) is 1. The Morgan fingerprint density at radius 3 is 2.86 bits per heavy atom. The average Bonchev–Trinajstić information content (AvgIpc) is 2.79. The van der Waals surface area contributed by atoms with Gasteiger partial charge in [0.2, 0.25) is 0 Å². The molecule has 0 saturated carbocycles. The lowest BCUT2D eigenvalue weighted by atomic mass is 9.78. The van der Waals surface area contributed by atoms with Crippen molar-refractivity contribution in [1.29, 1.82) is 0 Å². The van der Waals surface area contributed by atoms with E-state index in [1.165, 1.54) is 11.1 Å². The highest BCUT2D eigenvalue weighted by atomic mass is 32.2. The van der Waals surface area contributed by atoms with Crippen molar-refractivity contribution in [3.8, 4) is 0 Å². The Bertz CT molecular complexity index is 670. The maximum Gasteiger partial charge on any atom is 0.191 e. The minimum Gasteiger partial charge on any atom is -0.357 e. The van der Waals surface area contributed by atoms with Crippen molar-refractivity contribution in [2.24, 2.45) is 4.99 Å². The van der Waals surface area contributed by atoms with Crippen LogP contribution in [-0.4, -0.2) is 45.0 Å². The summed E-state index contributed by atoms with van der Waals surface area (Å²) in [5.74, 6) is 1.71. The van der Waals surface area contributed by atoms with Crippen LogP contribution < -0.4 is 10.6 Å². The number of rotatable bonds is 4. The molecule has 2 N–H and O–H groups in total. The SMILES string of the molecule is CCNC(=NCC1Cc2ccccc21)NC1CCS(=O)(=O)C1. The number of fused-ring (bicyclic) bond motifs is 1. The summed E-state index contributed by atoms with van der Waals surface area (Å²) in [4.78, 5) is 4.65. The van der Waals surface area contributed by atoms with Gasteiger partial charge in [0.1, 0.15) is 0 Å². The molecule has 120 valence electrons. The molecule has 1 saturated heterocycles. The van der Waals surface area contributed by atoms with Gasteiger partial charge in [-0.25, -0.2) is 8.42 Å². The molecule has 22 heavy (non-hydrogen) atoms. The Kier molecular flexibility index (Phi) is 4.38. The fraction of sp³-hybridized carbons (Fsp3) is 0.562. The Balaban J connectivity index is 1.60. The maximum absolute atomic E-state index is 11.5. The lowest BCUT2D eigenvalue weighted by molar-refractivity contribution is 0.597. The number of sulfone groups is 1. The van der Waals surface area contributed by atoms with E-state index in [1.807, 2.05) is 6.92 Å². The van der Waals surface area contributed by atoms with Crippen molar-refractivity contribution >= 4 is 15.8 Å². The lowest BCUT2D eigenvalue weighted by Gasteiger charge is -2.29. The molecular weight excluding hydrogens is 298 g/mol. The van der Waals surface area contributed by atoms with E-state index in [0.717, 1.165) is 25.5 Å². The van der Waals surface area contributed by atoms with Gasteiger partial charge in [0.05, 0.1) is 11.5 Å². The molecule has 0 aromatic heterocycles. The summed E-state index contributed by atoms with van der Waals surface area (Å²) in [5.41, 5.74) is 2.81. The summed E-state index contributed by atoms with van der Waals surface area (Å²) in [6.07, 6.45) is 1.75. The molecule has 0 radical (unpaired) electrons. The molecule has 5 nitrogen and oxygen atoms in total. The summed E-state index contributed by atoms with van der Waals surface area (Å²) >= 11 is 0. The van der Waals surface area contributed by atoms with Gasteiger partial charge in [0.25, 0.3) is 0 Å². The average molecular weight is 321 g/mol. The minimum absolute atomic E-state index is 0.0172. The lowest BCUT2D eigenvalue weighted by Crippen LogP contribution is -2.44.